The first-order chi connectivity index (χ1) is 6.24. The van der Waals surface area contributed by atoms with E-state index in [1.165, 1.54) is 0 Å². The van der Waals surface area contributed by atoms with Gasteiger partial charge in [0, 0.05) is 0 Å². The Kier molecular flexibility index (Phi) is 5.02. The highest BCUT2D eigenvalue weighted by atomic mass is 31.2. The van der Waals surface area contributed by atoms with E-state index in [-0.39, 0.29) is 0 Å². The molecule has 4 nitrogen and oxygen atoms in total. The van der Waals surface area contributed by atoms with Crippen molar-refractivity contribution in [3.05, 3.63) is 11.6 Å². The van der Waals surface area contributed by atoms with Crippen LogP contribution in [0, 0.1) is 0 Å². The second-order valence-corrected chi connectivity index (χ2v) is 4.74. The number of hydrogen-bond acceptors (Lipinski definition) is 2. The van der Waals surface area contributed by atoms with Crippen LogP contribution in [0.25, 0.3) is 0 Å². The van der Waals surface area contributed by atoms with Crippen molar-refractivity contribution < 1.29 is 18.9 Å². The molecule has 5 heteroatoms. The summed E-state index contributed by atoms with van der Waals surface area (Å²) >= 11 is 0. The molecule has 0 heterocycles. The minimum absolute atomic E-state index is 0.541. The lowest BCUT2D eigenvalue weighted by Crippen LogP contribution is -2.27. The van der Waals surface area contributed by atoms with Crippen LogP contribution < -0.4 is 0 Å². The normalized spacial score (nSPS) is 12.7. The van der Waals surface area contributed by atoms with Gasteiger partial charge in [0.25, 0.3) is 0 Å². The van der Waals surface area contributed by atoms with Gasteiger partial charge >= 0.3 is 7.82 Å². The van der Waals surface area contributed by atoms with E-state index in [1.54, 1.807) is 6.08 Å². The lowest BCUT2D eigenvalue weighted by Gasteiger charge is -2.28. The molecule has 0 aromatic carbocycles. The minimum atomic E-state index is -4.42. The molecule has 2 N–H and O–H groups in total. The molecule has 0 unspecified atom stereocenters. The summed E-state index contributed by atoms with van der Waals surface area (Å²) in [4.78, 5) is 17.6. The average Bonchev–Trinajstić information content (AvgIpc) is 1.99. The van der Waals surface area contributed by atoms with Gasteiger partial charge < -0.3 is 9.79 Å². The summed E-state index contributed by atoms with van der Waals surface area (Å²) in [5.74, 6) is 0. The van der Waals surface area contributed by atoms with Crippen molar-refractivity contribution in [2.45, 2.75) is 46.1 Å². The highest BCUT2D eigenvalue weighted by Gasteiger charge is 2.32. The van der Waals surface area contributed by atoms with E-state index in [0.717, 1.165) is 5.57 Å². The number of phosphoric ester groups is 1. The quantitative estimate of drug-likeness (QED) is 0.554. The maximum atomic E-state index is 10.8. The fourth-order valence-electron chi connectivity index (χ4n) is 1.37. The molecule has 14 heavy (non-hydrogen) atoms. The fraction of sp³-hybridized carbons (Fsp3) is 0.778. The molecule has 0 bridgehead atoms. The van der Waals surface area contributed by atoms with Crippen molar-refractivity contribution in [1.29, 1.82) is 0 Å². The largest absolute Gasteiger partial charge is 0.470 e. The lowest BCUT2D eigenvalue weighted by molar-refractivity contribution is 0.0665. The molecule has 0 aliphatic heterocycles. The van der Waals surface area contributed by atoms with E-state index in [4.69, 9.17) is 14.3 Å². The highest BCUT2D eigenvalue weighted by molar-refractivity contribution is 7.46. The molecule has 0 aliphatic carbocycles. The first-order valence-corrected chi connectivity index (χ1v) is 6.20. The van der Waals surface area contributed by atoms with E-state index in [0.29, 0.717) is 12.8 Å². The molecule has 0 saturated heterocycles. The zero-order chi connectivity index (χ0) is 11.4. The van der Waals surface area contributed by atoms with Crippen LogP contribution in [-0.4, -0.2) is 15.4 Å². The zero-order valence-electron chi connectivity index (χ0n) is 9.15. The Balaban J connectivity index is 4.90. The Hall–Kier alpha value is -0.150. The van der Waals surface area contributed by atoms with Crippen molar-refractivity contribution in [1.82, 2.24) is 0 Å². The Morgan fingerprint density at radius 1 is 1.36 bits per heavy atom. The summed E-state index contributed by atoms with van der Waals surface area (Å²) in [6, 6.07) is 0. The van der Waals surface area contributed by atoms with Crippen LogP contribution in [0.1, 0.15) is 40.5 Å². The third-order valence-electron chi connectivity index (χ3n) is 2.05. The van der Waals surface area contributed by atoms with Gasteiger partial charge in [-0.05, 0) is 26.7 Å². The molecule has 0 rings (SSSR count). The molecule has 0 aromatic heterocycles. The molecular formula is C9H19O4P. The number of phosphoric acid groups is 1. The van der Waals surface area contributed by atoms with Gasteiger partial charge in [-0.3, -0.25) is 4.52 Å². The number of rotatable bonds is 5. The summed E-state index contributed by atoms with van der Waals surface area (Å²) in [6.45, 7) is 7.45. The van der Waals surface area contributed by atoms with Crippen molar-refractivity contribution in [3.63, 3.8) is 0 Å². The fourth-order valence-corrected chi connectivity index (χ4v) is 2.16. The predicted molar refractivity (Wildman–Crippen MR) is 55.9 cm³/mol. The Morgan fingerprint density at radius 3 is 2.00 bits per heavy atom. The summed E-state index contributed by atoms with van der Waals surface area (Å²) in [5.41, 5.74) is 0.153. The van der Waals surface area contributed by atoms with Crippen LogP contribution in [0.2, 0.25) is 0 Å². The van der Waals surface area contributed by atoms with Crippen LogP contribution in [0.3, 0.4) is 0 Å². The van der Waals surface area contributed by atoms with Gasteiger partial charge in [0.1, 0.15) is 0 Å². The average molecular weight is 222 g/mol. The molecule has 84 valence electrons. The maximum Gasteiger partial charge on any atom is 0.470 e. The number of allylic oxidation sites excluding steroid dienone is 1. The zero-order valence-corrected chi connectivity index (χ0v) is 10.0. The molecule has 0 radical (unpaired) electrons. The van der Waals surface area contributed by atoms with Crippen LogP contribution in [0.15, 0.2) is 11.6 Å². The third-order valence-corrected chi connectivity index (χ3v) is 2.65. The van der Waals surface area contributed by atoms with Gasteiger partial charge in [0.2, 0.25) is 0 Å². The van der Waals surface area contributed by atoms with Crippen LogP contribution in [-0.2, 0) is 9.09 Å². The summed E-state index contributed by atoms with van der Waals surface area (Å²) in [7, 11) is -4.42. The van der Waals surface area contributed by atoms with Crippen molar-refractivity contribution in [2.75, 3.05) is 0 Å². The summed E-state index contributed by atoms with van der Waals surface area (Å²) < 4.78 is 15.6. The van der Waals surface area contributed by atoms with E-state index in [2.05, 4.69) is 0 Å². The SMILES string of the molecule is CCC(C=C(C)C)(CC)OP(=O)(O)O. The molecule has 0 spiro atoms. The summed E-state index contributed by atoms with van der Waals surface area (Å²) in [5, 5.41) is 0. The topological polar surface area (TPSA) is 66.8 Å². The van der Waals surface area contributed by atoms with Gasteiger partial charge in [-0.15, -0.1) is 0 Å². The van der Waals surface area contributed by atoms with Crippen LogP contribution >= 0.6 is 7.82 Å². The lowest BCUT2D eigenvalue weighted by atomic mass is 9.95. The highest BCUT2D eigenvalue weighted by Crippen LogP contribution is 2.44. The molecule has 0 aromatic rings. The molecule has 0 amide bonds. The van der Waals surface area contributed by atoms with Gasteiger partial charge in [-0.1, -0.05) is 25.5 Å². The molecular weight excluding hydrogens is 203 g/mol. The van der Waals surface area contributed by atoms with Crippen LogP contribution in [0.4, 0.5) is 0 Å². The third kappa shape index (κ3) is 4.91. The smallest absolute Gasteiger partial charge is 0.303 e. The Bertz CT molecular complexity index is 246. The van der Waals surface area contributed by atoms with Gasteiger partial charge in [0.15, 0.2) is 0 Å². The van der Waals surface area contributed by atoms with Crippen molar-refractivity contribution in [3.8, 4) is 0 Å². The summed E-state index contributed by atoms with van der Waals surface area (Å²) in [6.07, 6.45) is 2.85. The predicted octanol–water partition coefficient (Wildman–Crippen LogP) is 2.62. The van der Waals surface area contributed by atoms with Gasteiger partial charge in [0.05, 0.1) is 5.60 Å². The monoisotopic (exact) mass is 222 g/mol. The van der Waals surface area contributed by atoms with E-state index < -0.39 is 13.4 Å². The number of hydrogen-bond donors (Lipinski definition) is 2. The van der Waals surface area contributed by atoms with Gasteiger partial charge in [-0.2, -0.15) is 0 Å². The Labute approximate surface area is 85.2 Å². The second kappa shape index (κ2) is 5.08. The van der Waals surface area contributed by atoms with E-state index >= 15 is 0 Å². The van der Waals surface area contributed by atoms with Crippen molar-refractivity contribution in [2.24, 2.45) is 0 Å². The Morgan fingerprint density at radius 2 is 1.79 bits per heavy atom. The van der Waals surface area contributed by atoms with E-state index in [9.17, 15) is 4.57 Å². The van der Waals surface area contributed by atoms with Gasteiger partial charge in [-0.25, -0.2) is 4.57 Å². The first-order valence-electron chi connectivity index (χ1n) is 4.67. The molecule has 0 fully saturated rings. The molecule has 0 atom stereocenters. The molecule has 0 saturated carbocycles. The van der Waals surface area contributed by atoms with Crippen molar-refractivity contribution >= 4 is 7.82 Å². The first kappa shape index (κ1) is 13.8. The second-order valence-electron chi connectivity index (χ2n) is 3.58. The molecule has 0 aliphatic rings. The standard InChI is InChI=1S/C9H19O4P/c1-5-9(6-2,7-8(3)4)13-14(10,11)12/h7H,5-6H2,1-4H3,(H2,10,11,12). The maximum absolute atomic E-state index is 10.8. The minimum Gasteiger partial charge on any atom is -0.303 e. The van der Waals surface area contributed by atoms with Crippen LogP contribution in [0.5, 0.6) is 0 Å². The van der Waals surface area contributed by atoms with E-state index in [1.807, 2.05) is 27.7 Å².